The van der Waals surface area contributed by atoms with E-state index in [2.05, 4.69) is 26.6 Å². The Morgan fingerprint density at radius 3 is 1.93 bits per heavy atom. The molecule has 0 radical (unpaired) electrons. The van der Waals surface area contributed by atoms with Crippen molar-refractivity contribution in [3.63, 3.8) is 0 Å². The van der Waals surface area contributed by atoms with Crippen LogP contribution in [0.5, 0.6) is 0 Å². The van der Waals surface area contributed by atoms with E-state index in [9.17, 15) is 39.0 Å². The molecule has 0 saturated carbocycles. The maximum atomic E-state index is 12.8. The monoisotopic (exact) mass is 580 g/mol. The standard InChI is InChI=1S/C26H40N6O9/c1-13(2)10-18(23(37)32-21(14(3)4)25(39)40)30-24(38)19(12-33)31-26(41)29-16-7-5-6-15(11-16)28-22(36)17(27)8-9-20(34)35/h5-7,11,13-14,17-19,21,33H,8-10,12,27H2,1-4H3,(H,28,36)(H,30,38)(H,32,37)(H,34,35)(H,39,40)(H2,29,31,41)/t17-,18-,19-,21-/m0/s1. The third-order valence-corrected chi connectivity index (χ3v) is 5.77. The molecule has 1 rings (SSSR count). The van der Waals surface area contributed by atoms with Crippen molar-refractivity contribution in [1.82, 2.24) is 16.0 Å². The van der Waals surface area contributed by atoms with Crippen molar-refractivity contribution in [3.05, 3.63) is 24.3 Å². The summed E-state index contributed by atoms with van der Waals surface area (Å²) in [5, 5.41) is 40.0. The predicted molar refractivity (Wildman–Crippen MR) is 149 cm³/mol. The molecule has 1 aromatic rings. The van der Waals surface area contributed by atoms with Gasteiger partial charge in [-0.05, 0) is 42.9 Å². The maximum absolute atomic E-state index is 12.8. The number of aliphatic hydroxyl groups excluding tert-OH is 1. The number of carboxylic acid groups (broad SMARTS) is 2. The first-order valence-corrected chi connectivity index (χ1v) is 13.0. The van der Waals surface area contributed by atoms with Crippen molar-refractivity contribution < 1.29 is 44.1 Å². The molecule has 0 saturated heterocycles. The van der Waals surface area contributed by atoms with Crippen LogP contribution in [0.25, 0.3) is 0 Å². The van der Waals surface area contributed by atoms with E-state index in [1.165, 1.54) is 24.3 Å². The Kier molecular flexibility index (Phi) is 14.2. The number of rotatable bonds is 16. The Hall–Kier alpha value is -4.24. The molecule has 0 unspecified atom stereocenters. The number of nitrogens with two attached hydrogens (primary N) is 1. The Balaban J connectivity index is 2.84. The van der Waals surface area contributed by atoms with Crippen molar-refractivity contribution in [3.8, 4) is 0 Å². The van der Waals surface area contributed by atoms with E-state index in [1.54, 1.807) is 27.7 Å². The smallest absolute Gasteiger partial charge is 0.326 e. The number of aliphatic carboxylic acids is 2. The minimum atomic E-state index is -1.45. The molecule has 0 aliphatic carbocycles. The number of nitrogens with one attached hydrogen (secondary N) is 5. The van der Waals surface area contributed by atoms with Gasteiger partial charge in [0.1, 0.15) is 18.1 Å². The summed E-state index contributed by atoms with van der Waals surface area (Å²) in [5.41, 5.74) is 6.17. The Labute approximate surface area is 237 Å². The number of carbonyl (C=O) groups excluding carboxylic acids is 4. The molecule has 1 aromatic carbocycles. The van der Waals surface area contributed by atoms with Gasteiger partial charge >= 0.3 is 18.0 Å². The van der Waals surface area contributed by atoms with E-state index in [-0.39, 0.29) is 36.6 Å². The van der Waals surface area contributed by atoms with Gasteiger partial charge in [0, 0.05) is 17.8 Å². The van der Waals surface area contributed by atoms with Crippen molar-refractivity contribution in [1.29, 1.82) is 0 Å². The molecule has 0 aromatic heterocycles. The van der Waals surface area contributed by atoms with Crippen molar-refractivity contribution in [2.24, 2.45) is 17.6 Å². The van der Waals surface area contributed by atoms with Gasteiger partial charge in [0.2, 0.25) is 17.7 Å². The number of aliphatic hydroxyl groups is 1. The second-order valence-electron chi connectivity index (χ2n) is 10.2. The van der Waals surface area contributed by atoms with E-state index in [0.717, 1.165) is 0 Å². The van der Waals surface area contributed by atoms with Gasteiger partial charge < -0.3 is 47.6 Å². The summed E-state index contributed by atoms with van der Waals surface area (Å²) in [6, 6.07) is 0.234. The average molecular weight is 581 g/mol. The van der Waals surface area contributed by atoms with Crippen LogP contribution in [-0.4, -0.2) is 81.8 Å². The molecule has 15 heteroatoms. The van der Waals surface area contributed by atoms with Crippen molar-refractivity contribution >= 4 is 47.1 Å². The molecule has 0 bridgehead atoms. The highest BCUT2D eigenvalue weighted by molar-refractivity contribution is 5.98. The molecule has 0 spiro atoms. The molecule has 41 heavy (non-hydrogen) atoms. The Morgan fingerprint density at radius 1 is 0.829 bits per heavy atom. The second kappa shape index (κ2) is 16.8. The summed E-state index contributed by atoms with van der Waals surface area (Å²) >= 11 is 0. The number of carboxylic acids is 2. The van der Waals surface area contributed by atoms with Crippen molar-refractivity contribution in [2.75, 3.05) is 17.2 Å². The van der Waals surface area contributed by atoms with Crippen LogP contribution >= 0.6 is 0 Å². The van der Waals surface area contributed by atoms with Gasteiger partial charge in [-0.25, -0.2) is 9.59 Å². The van der Waals surface area contributed by atoms with Crippen LogP contribution < -0.4 is 32.3 Å². The lowest BCUT2D eigenvalue weighted by atomic mass is 10.00. The van der Waals surface area contributed by atoms with Gasteiger partial charge in [0.05, 0.1) is 12.6 Å². The molecule has 0 heterocycles. The van der Waals surface area contributed by atoms with E-state index in [4.69, 9.17) is 10.8 Å². The molecule has 4 atom stereocenters. The Bertz CT molecular complexity index is 1090. The molecular weight excluding hydrogens is 540 g/mol. The van der Waals surface area contributed by atoms with E-state index in [0.29, 0.717) is 0 Å². The lowest BCUT2D eigenvalue weighted by Crippen LogP contribution is -2.57. The fourth-order valence-corrected chi connectivity index (χ4v) is 3.58. The normalized spacial score (nSPS) is 13.9. The van der Waals surface area contributed by atoms with Crippen LogP contribution in [0.4, 0.5) is 16.2 Å². The number of carbonyl (C=O) groups is 6. The summed E-state index contributed by atoms with van der Waals surface area (Å²) in [6.45, 7) is 6.06. The largest absolute Gasteiger partial charge is 0.481 e. The zero-order chi connectivity index (χ0) is 31.3. The molecule has 0 fully saturated rings. The SMILES string of the molecule is CC(C)C[C@H](NC(=O)[C@H](CO)NC(=O)Nc1cccc(NC(=O)[C@@H](N)CCC(=O)O)c1)C(=O)N[C@H](C(=O)O)C(C)C. The molecule has 0 aliphatic rings. The third-order valence-electron chi connectivity index (χ3n) is 5.77. The first kappa shape index (κ1) is 34.8. The van der Waals surface area contributed by atoms with Crippen LogP contribution in [0.2, 0.25) is 0 Å². The summed E-state index contributed by atoms with van der Waals surface area (Å²) in [4.78, 5) is 72.5. The summed E-state index contributed by atoms with van der Waals surface area (Å²) < 4.78 is 0. The topological polar surface area (TPSA) is 249 Å². The lowest BCUT2D eigenvalue weighted by molar-refractivity contribution is -0.143. The fraction of sp³-hybridized carbons (Fsp3) is 0.538. The first-order valence-electron chi connectivity index (χ1n) is 13.0. The maximum Gasteiger partial charge on any atom is 0.326 e. The number of amides is 5. The van der Waals surface area contributed by atoms with E-state index >= 15 is 0 Å². The minimum absolute atomic E-state index is 0.0586. The van der Waals surface area contributed by atoms with Gasteiger partial charge in [0.15, 0.2) is 0 Å². The van der Waals surface area contributed by atoms with Crippen LogP contribution in [0.15, 0.2) is 24.3 Å². The summed E-state index contributed by atoms with van der Waals surface area (Å²) in [7, 11) is 0. The highest BCUT2D eigenvalue weighted by atomic mass is 16.4. The van der Waals surface area contributed by atoms with Crippen molar-refractivity contribution in [2.45, 2.75) is 71.1 Å². The first-order chi connectivity index (χ1) is 19.1. The van der Waals surface area contributed by atoms with Crippen LogP contribution in [0, 0.1) is 11.8 Å². The Morgan fingerprint density at radius 2 is 1.41 bits per heavy atom. The molecule has 228 valence electrons. The average Bonchev–Trinajstić information content (AvgIpc) is 2.87. The van der Waals surface area contributed by atoms with Gasteiger partial charge in [-0.1, -0.05) is 33.8 Å². The molecule has 15 nitrogen and oxygen atoms in total. The highest BCUT2D eigenvalue weighted by Gasteiger charge is 2.31. The van der Waals surface area contributed by atoms with E-state index in [1.807, 2.05) is 0 Å². The molecular formula is C26H40N6O9. The van der Waals surface area contributed by atoms with Crippen LogP contribution in [0.1, 0.15) is 47.0 Å². The third kappa shape index (κ3) is 12.7. The second-order valence-corrected chi connectivity index (χ2v) is 10.2. The summed E-state index contributed by atoms with van der Waals surface area (Å²) in [5.74, 6) is -4.98. The van der Waals surface area contributed by atoms with Gasteiger partial charge in [0.25, 0.3) is 0 Å². The highest BCUT2D eigenvalue weighted by Crippen LogP contribution is 2.16. The van der Waals surface area contributed by atoms with Crippen LogP contribution in [-0.2, 0) is 24.0 Å². The quantitative estimate of drug-likeness (QED) is 0.127. The number of hydrogen-bond acceptors (Lipinski definition) is 8. The number of anilines is 2. The number of hydrogen-bond donors (Lipinski definition) is 9. The number of benzene rings is 1. The molecule has 5 amide bonds. The van der Waals surface area contributed by atoms with Gasteiger partial charge in [-0.2, -0.15) is 0 Å². The molecule has 10 N–H and O–H groups in total. The van der Waals surface area contributed by atoms with Crippen LogP contribution in [0.3, 0.4) is 0 Å². The zero-order valence-corrected chi connectivity index (χ0v) is 23.5. The van der Waals surface area contributed by atoms with Gasteiger partial charge in [-0.15, -0.1) is 0 Å². The fourth-order valence-electron chi connectivity index (χ4n) is 3.58. The summed E-state index contributed by atoms with van der Waals surface area (Å²) in [6.07, 6.45) is -0.172. The molecule has 0 aliphatic heterocycles. The predicted octanol–water partition coefficient (Wildman–Crippen LogP) is 0.0559. The number of urea groups is 1. The zero-order valence-electron chi connectivity index (χ0n) is 23.5. The minimum Gasteiger partial charge on any atom is -0.481 e. The van der Waals surface area contributed by atoms with E-state index < -0.39 is 72.4 Å². The van der Waals surface area contributed by atoms with Gasteiger partial charge in [-0.3, -0.25) is 19.2 Å². The lowest BCUT2D eigenvalue weighted by Gasteiger charge is -2.26.